The summed E-state index contributed by atoms with van der Waals surface area (Å²) < 4.78 is 13.4. The molecule has 1 aromatic heterocycles. The summed E-state index contributed by atoms with van der Waals surface area (Å²) in [7, 11) is 0. The van der Waals surface area contributed by atoms with Gasteiger partial charge in [0.1, 0.15) is 6.17 Å². The molecule has 0 saturated heterocycles. The van der Waals surface area contributed by atoms with Crippen LogP contribution in [0.15, 0.2) is 30.5 Å². The van der Waals surface area contributed by atoms with E-state index in [9.17, 15) is 4.39 Å². The van der Waals surface area contributed by atoms with Crippen molar-refractivity contribution in [2.75, 3.05) is 0 Å². The largest absolute Gasteiger partial charge is 0.659 e. The molecule has 0 aliphatic heterocycles. The Hall–Kier alpha value is -1.03. The molecular weight excluding hydrogens is 432 g/mol. The summed E-state index contributed by atoms with van der Waals surface area (Å²) in [6.45, 7) is 4.80. The summed E-state index contributed by atoms with van der Waals surface area (Å²) >= 11 is 0. The molecule has 2 aliphatic carbocycles. The number of rotatable bonds is 4. The zero-order valence-corrected chi connectivity index (χ0v) is 15.1. The van der Waals surface area contributed by atoms with Gasteiger partial charge in [-0.2, -0.15) is 0 Å². The average molecular weight is 450 g/mol. The van der Waals surface area contributed by atoms with Crippen LogP contribution in [0.4, 0.5) is 4.39 Å². The van der Waals surface area contributed by atoms with Gasteiger partial charge in [0, 0.05) is 47.5 Å². The number of nitrogens with zero attached hydrogens (tertiary/aromatic N) is 1. The Morgan fingerprint density at radius 1 is 1.24 bits per heavy atom. The third kappa shape index (κ3) is 2.96. The fourth-order valence-corrected chi connectivity index (χ4v) is 3.07. The molecule has 4 heteroatoms. The first-order valence-corrected chi connectivity index (χ1v) is 7.34. The number of nitrogens with one attached hydrogen (secondary N) is 1. The van der Waals surface area contributed by atoms with Crippen LogP contribution in [0.3, 0.4) is 0 Å². The van der Waals surface area contributed by atoms with E-state index in [0.29, 0.717) is 18.8 Å². The molecule has 2 aliphatic rings. The molecule has 2 aromatic rings. The van der Waals surface area contributed by atoms with E-state index < -0.39 is 6.17 Å². The molecular formula is C17H18FN2Ta-. The van der Waals surface area contributed by atoms with Gasteiger partial charge in [0.05, 0.1) is 0 Å². The molecule has 1 saturated carbocycles. The number of halogens is 1. The maximum absolute atomic E-state index is 13.4. The van der Waals surface area contributed by atoms with Crippen LogP contribution in [0.25, 0.3) is 10.9 Å². The second-order valence-corrected chi connectivity index (χ2v) is 6.09. The smallest absolute Gasteiger partial charge is 0.108 e. The minimum atomic E-state index is -0.709. The van der Waals surface area contributed by atoms with E-state index in [1.54, 1.807) is 0 Å². The summed E-state index contributed by atoms with van der Waals surface area (Å²) in [6, 6.07) is 6.27. The molecule has 2 nitrogen and oxygen atoms in total. The first-order valence-electron chi connectivity index (χ1n) is 7.34. The topological polar surface area (TPSA) is 26.1 Å². The van der Waals surface area contributed by atoms with Crippen LogP contribution in [0, 0.1) is 5.92 Å². The minimum absolute atomic E-state index is 0. The Morgan fingerprint density at radius 2 is 1.95 bits per heavy atom. The van der Waals surface area contributed by atoms with E-state index in [2.05, 4.69) is 35.1 Å². The normalized spacial score (nSPS) is 20.1. The van der Waals surface area contributed by atoms with Gasteiger partial charge in [-0.05, 0) is 35.3 Å². The number of hydrogen-bond donors (Lipinski definition) is 1. The molecule has 1 radical (unpaired) electrons. The number of benzene rings is 1. The fraction of sp³-hybridized carbons (Fsp3) is 0.412. The number of hydrogen-bond acceptors (Lipinski definition) is 1. The monoisotopic (exact) mass is 450 g/mol. The van der Waals surface area contributed by atoms with Crippen LogP contribution in [0.1, 0.15) is 29.7 Å². The van der Waals surface area contributed by atoms with Gasteiger partial charge in [0.15, 0.2) is 0 Å². The average Bonchev–Trinajstić information content (AvgIpc) is 3.10. The quantitative estimate of drug-likeness (QED) is 0.775. The van der Waals surface area contributed by atoms with Gasteiger partial charge in [-0.1, -0.05) is 24.8 Å². The Kier molecular flexibility index (Phi) is 4.00. The Balaban J connectivity index is 0.00000132. The first-order chi connectivity index (χ1) is 9.69. The number of alkyl halides is 1. The van der Waals surface area contributed by atoms with Crippen molar-refractivity contribution in [3.8, 4) is 0 Å². The van der Waals surface area contributed by atoms with E-state index in [1.807, 2.05) is 0 Å². The van der Waals surface area contributed by atoms with Crippen LogP contribution in [0.5, 0.6) is 0 Å². The summed E-state index contributed by atoms with van der Waals surface area (Å²) in [6.07, 6.45) is 2.92. The molecule has 1 heterocycles. The molecule has 1 atom stereocenters. The van der Waals surface area contributed by atoms with Crippen LogP contribution < -0.4 is 10.3 Å². The van der Waals surface area contributed by atoms with Crippen molar-refractivity contribution in [2.24, 2.45) is 5.92 Å². The van der Waals surface area contributed by atoms with Crippen molar-refractivity contribution in [3.63, 3.8) is 0 Å². The van der Waals surface area contributed by atoms with E-state index in [0.717, 1.165) is 40.0 Å². The molecule has 0 amide bonds. The molecule has 1 aromatic carbocycles. The van der Waals surface area contributed by atoms with Gasteiger partial charge in [-0.25, -0.2) is 4.39 Å². The van der Waals surface area contributed by atoms with E-state index in [4.69, 9.17) is 0 Å². The van der Waals surface area contributed by atoms with Gasteiger partial charge in [-0.15, -0.1) is 11.2 Å². The Morgan fingerprint density at radius 3 is 2.67 bits per heavy atom. The molecule has 4 rings (SSSR count). The predicted octanol–water partition coefficient (Wildman–Crippen LogP) is 3.24. The SMILES string of the molecule is C=C(NCc1cc2cc3c(cc2[n-]1)CC(F)C3)C1CC1.[Ta]. The van der Waals surface area contributed by atoms with E-state index >= 15 is 0 Å². The van der Waals surface area contributed by atoms with Crippen molar-refractivity contribution in [1.82, 2.24) is 10.3 Å². The predicted molar refractivity (Wildman–Crippen MR) is 78.3 cm³/mol. The van der Waals surface area contributed by atoms with Gasteiger partial charge in [-0.3, -0.25) is 0 Å². The third-order valence-corrected chi connectivity index (χ3v) is 4.38. The second kappa shape index (κ2) is 5.64. The number of allylic oxidation sites excluding steroid dienone is 1. The van der Waals surface area contributed by atoms with Crippen molar-refractivity contribution in [1.29, 1.82) is 0 Å². The van der Waals surface area contributed by atoms with Crippen LogP contribution >= 0.6 is 0 Å². The molecule has 1 fully saturated rings. The number of fused-ring (bicyclic) bond motifs is 2. The number of aromatic nitrogens is 1. The maximum Gasteiger partial charge on any atom is 0.108 e. The maximum atomic E-state index is 13.4. The molecule has 0 spiro atoms. The summed E-state index contributed by atoms with van der Waals surface area (Å²) in [5.74, 6) is 0.671. The minimum Gasteiger partial charge on any atom is -0.659 e. The first kappa shape index (κ1) is 14.9. The molecule has 21 heavy (non-hydrogen) atoms. The van der Waals surface area contributed by atoms with Gasteiger partial charge >= 0.3 is 0 Å². The Bertz CT molecular complexity index is 644. The zero-order chi connectivity index (χ0) is 13.7. The summed E-state index contributed by atoms with van der Waals surface area (Å²) in [5.41, 5.74) is 5.46. The van der Waals surface area contributed by atoms with E-state index in [1.165, 1.54) is 12.8 Å². The van der Waals surface area contributed by atoms with Crippen LogP contribution in [-0.4, -0.2) is 6.17 Å². The van der Waals surface area contributed by atoms with Crippen molar-refractivity contribution >= 4 is 10.9 Å². The Labute approximate surface area is 139 Å². The van der Waals surface area contributed by atoms with E-state index in [-0.39, 0.29) is 22.4 Å². The standard InChI is InChI=1S/C17H18FN2.Ta/c1-10(11-2-3-11)19-9-16-7-14-4-12-5-15(18)6-13(12)8-17(14)20-16;/h4,7-8,11,15,19H,1-3,5-6,9H2;/q-1;. The zero-order valence-electron chi connectivity index (χ0n) is 11.9. The second-order valence-electron chi connectivity index (χ2n) is 6.09. The van der Waals surface area contributed by atoms with Crippen LogP contribution in [0.2, 0.25) is 0 Å². The van der Waals surface area contributed by atoms with Gasteiger partial charge < -0.3 is 10.3 Å². The molecule has 109 valence electrons. The third-order valence-electron chi connectivity index (χ3n) is 4.38. The summed E-state index contributed by atoms with van der Waals surface area (Å²) in [5, 5.41) is 4.50. The molecule has 1 N–H and O–H groups in total. The van der Waals surface area contributed by atoms with Crippen molar-refractivity contribution in [2.45, 2.75) is 38.4 Å². The van der Waals surface area contributed by atoms with Gasteiger partial charge in [0.25, 0.3) is 0 Å². The van der Waals surface area contributed by atoms with Crippen LogP contribution in [-0.2, 0) is 41.8 Å². The van der Waals surface area contributed by atoms with Crippen molar-refractivity contribution < 1.29 is 26.8 Å². The summed E-state index contributed by atoms with van der Waals surface area (Å²) in [4.78, 5) is 4.64. The van der Waals surface area contributed by atoms with Gasteiger partial charge in [0.2, 0.25) is 0 Å². The molecule has 1 unspecified atom stereocenters. The van der Waals surface area contributed by atoms with Crippen molar-refractivity contribution in [3.05, 3.63) is 47.3 Å². The molecule has 0 bridgehead atoms. The fourth-order valence-electron chi connectivity index (χ4n) is 3.07.